The normalized spacial score (nSPS) is 15.8. The lowest BCUT2D eigenvalue weighted by Gasteiger charge is -2.29. The van der Waals surface area contributed by atoms with Crippen molar-refractivity contribution in [3.63, 3.8) is 0 Å². The molecule has 0 spiro atoms. The van der Waals surface area contributed by atoms with Crippen LogP contribution >= 0.6 is 0 Å². The molecule has 36 heavy (non-hydrogen) atoms. The first-order valence-electron chi connectivity index (χ1n) is 11.8. The predicted molar refractivity (Wildman–Crippen MR) is 135 cm³/mol. The lowest BCUT2D eigenvalue weighted by Crippen LogP contribution is -2.34. The van der Waals surface area contributed by atoms with Gasteiger partial charge in [0.15, 0.2) is 11.6 Å². The number of halogens is 1. The van der Waals surface area contributed by atoms with Gasteiger partial charge in [-0.25, -0.2) is 14.2 Å². The number of methoxy groups -OCH3 is 1. The smallest absolute Gasteiger partial charge is 0.413 e. The Kier molecular flexibility index (Phi) is 8.17. The SMILES string of the molecule is COc1cccc(CN(C(=O)O)c2ccnc(Nc3ccc(OCC4CCCN(C)C4)c(F)c3)n2)c1. The van der Waals surface area contributed by atoms with Crippen molar-refractivity contribution in [2.75, 3.05) is 44.1 Å². The zero-order chi connectivity index (χ0) is 25.5. The van der Waals surface area contributed by atoms with Gasteiger partial charge in [-0.2, -0.15) is 4.98 Å². The third-order valence-electron chi connectivity index (χ3n) is 6.01. The highest BCUT2D eigenvalue weighted by Crippen LogP contribution is 2.26. The Morgan fingerprint density at radius 3 is 2.89 bits per heavy atom. The summed E-state index contributed by atoms with van der Waals surface area (Å²) < 4.78 is 25.6. The summed E-state index contributed by atoms with van der Waals surface area (Å²) in [5, 5.41) is 12.7. The molecule has 1 atom stereocenters. The maximum absolute atomic E-state index is 14.7. The number of amides is 1. The van der Waals surface area contributed by atoms with Crippen molar-refractivity contribution < 1.29 is 23.8 Å². The second-order valence-electron chi connectivity index (χ2n) is 8.81. The maximum Gasteiger partial charge on any atom is 0.413 e. The molecule has 0 aliphatic carbocycles. The Labute approximate surface area is 209 Å². The molecule has 0 bridgehead atoms. The number of hydrogen-bond donors (Lipinski definition) is 2. The van der Waals surface area contributed by atoms with Crippen molar-refractivity contribution in [1.82, 2.24) is 14.9 Å². The summed E-state index contributed by atoms with van der Waals surface area (Å²) in [6.45, 7) is 2.57. The number of ether oxygens (including phenoxy) is 2. The molecule has 10 heteroatoms. The van der Waals surface area contributed by atoms with Crippen molar-refractivity contribution >= 4 is 23.5 Å². The number of hydrogen-bond acceptors (Lipinski definition) is 7. The molecule has 4 rings (SSSR count). The van der Waals surface area contributed by atoms with Gasteiger partial charge in [-0.1, -0.05) is 12.1 Å². The van der Waals surface area contributed by atoms with E-state index in [1.54, 1.807) is 43.5 Å². The molecule has 1 aromatic heterocycles. The van der Waals surface area contributed by atoms with Crippen LogP contribution in [0.25, 0.3) is 0 Å². The van der Waals surface area contributed by atoms with Gasteiger partial charge in [0.2, 0.25) is 5.95 Å². The average Bonchev–Trinajstić information content (AvgIpc) is 2.87. The molecule has 2 aromatic carbocycles. The summed E-state index contributed by atoms with van der Waals surface area (Å²) in [6.07, 6.45) is 2.47. The second-order valence-corrected chi connectivity index (χ2v) is 8.81. The quantitative estimate of drug-likeness (QED) is 0.438. The monoisotopic (exact) mass is 495 g/mol. The molecule has 1 aliphatic rings. The molecule has 1 unspecified atom stereocenters. The summed E-state index contributed by atoms with van der Waals surface area (Å²) in [4.78, 5) is 23.8. The van der Waals surface area contributed by atoms with E-state index in [1.807, 2.05) is 0 Å². The van der Waals surface area contributed by atoms with Gasteiger partial charge in [-0.05, 0) is 62.3 Å². The van der Waals surface area contributed by atoms with Crippen LogP contribution in [0.15, 0.2) is 54.7 Å². The molecule has 3 aromatic rings. The molecule has 0 saturated carbocycles. The number of likely N-dealkylation sites (tertiary alicyclic amines) is 1. The van der Waals surface area contributed by atoms with E-state index in [0.717, 1.165) is 36.4 Å². The first-order valence-corrected chi connectivity index (χ1v) is 11.8. The highest BCUT2D eigenvalue weighted by molar-refractivity contribution is 5.84. The van der Waals surface area contributed by atoms with Gasteiger partial charge < -0.3 is 24.8 Å². The number of nitrogens with zero attached hydrogens (tertiary/aromatic N) is 4. The van der Waals surface area contributed by atoms with Crippen molar-refractivity contribution in [1.29, 1.82) is 0 Å². The molecule has 190 valence electrons. The highest BCUT2D eigenvalue weighted by atomic mass is 19.1. The van der Waals surface area contributed by atoms with Crippen LogP contribution in [0.3, 0.4) is 0 Å². The summed E-state index contributed by atoms with van der Waals surface area (Å²) in [6, 6.07) is 13.2. The lowest BCUT2D eigenvalue weighted by molar-refractivity contribution is 0.147. The van der Waals surface area contributed by atoms with E-state index < -0.39 is 11.9 Å². The van der Waals surface area contributed by atoms with Gasteiger partial charge in [-0.15, -0.1) is 0 Å². The van der Waals surface area contributed by atoms with Gasteiger partial charge in [-0.3, -0.25) is 4.90 Å². The third-order valence-corrected chi connectivity index (χ3v) is 6.01. The molecule has 0 radical (unpaired) electrons. The summed E-state index contributed by atoms with van der Waals surface area (Å²) in [5.74, 6) is 1.03. The van der Waals surface area contributed by atoms with E-state index >= 15 is 0 Å². The molecule has 9 nitrogen and oxygen atoms in total. The Morgan fingerprint density at radius 2 is 2.14 bits per heavy atom. The van der Waals surface area contributed by atoms with E-state index in [9.17, 15) is 14.3 Å². The first kappa shape index (κ1) is 25.2. The van der Waals surface area contributed by atoms with Gasteiger partial charge in [0.1, 0.15) is 11.6 Å². The van der Waals surface area contributed by atoms with Gasteiger partial charge in [0, 0.05) is 30.4 Å². The number of nitrogens with one attached hydrogen (secondary N) is 1. The number of aromatic nitrogens is 2. The van der Waals surface area contributed by atoms with E-state index in [-0.39, 0.29) is 24.1 Å². The zero-order valence-corrected chi connectivity index (χ0v) is 20.4. The Balaban J connectivity index is 1.43. The van der Waals surface area contributed by atoms with Crippen LogP contribution in [0.4, 0.5) is 26.6 Å². The summed E-state index contributed by atoms with van der Waals surface area (Å²) in [7, 11) is 3.63. The molecule has 1 fully saturated rings. The van der Waals surface area contributed by atoms with Crippen molar-refractivity contribution in [2.24, 2.45) is 5.92 Å². The molecular weight excluding hydrogens is 465 g/mol. The van der Waals surface area contributed by atoms with Gasteiger partial charge >= 0.3 is 6.09 Å². The summed E-state index contributed by atoms with van der Waals surface area (Å²) >= 11 is 0. The number of piperidine rings is 1. The number of carboxylic acid groups (broad SMARTS) is 1. The number of rotatable bonds is 9. The molecular formula is C26H30FN5O4. The van der Waals surface area contributed by atoms with Crippen molar-refractivity contribution in [3.8, 4) is 11.5 Å². The van der Waals surface area contributed by atoms with E-state index in [4.69, 9.17) is 9.47 Å². The van der Waals surface area contributed by atoms with Crippen LogP contribution in [0, 0.1) is 11.7 Å². The van der Waals surface area contributed by atoms with E-state index in [0.29, 0.717) is 24.0 Å². The van der Waals surface area contributed by atoms with Crippen molar-refractivity contribution in [2.45, 2.75) is 19.4 Å². The van der Waals surface area contributed by atoms with Gasteiger partial charge in [0.05, 0.1) is 20.3 Å². The van der Waals surface area contributed by atoms with Crippen LogP contribution in [0.2, 0.25) is 0 Å². The standard InChI is InChI=1S/C26H30FN5O4/c1-31-12-4-6-19(15-31)17-36-23-9-8-20(14-22(23)27)29-25-28-11-10-24(30-25)32(26(33)34)16-18-5-3-7-21(13-18)35-2/h3,5,7-11,13-14,19H,4,6,12,15-17H2,1-2H3,(H,33,34)(H,28,29,30). The minimum Gasteiger partial charge on any atom is -0.497 e. The topological polar surface area (TPSA) is 100 Å². The fourth-order valence-corrected chi connectivity index (χ4v) is 4.20. The van der Waals surface area contributed by atoms with E-state index in [1.165, 1.54) is 18.3 Å². The van der Waals surface area contributed by atoms with Gasteiger partial charge in [0.25, 0.3) is 0 Å². The summed E-state index contributed by atoms with van der Waals surface area (Å²) in [5.41, 5.74) is 1.16. The molecule has 1 aliphatic heterocycles. The zero-order valence-electron chi connectivity index (χ0n) is 20.4. The lowest BCUT2D eigenvalue weighted by atomic mass is 10.00. The molecule has 2 N–H and O–H groups in total. The minimum absolute atomic E-state index is 0.0699. The van der Waals surface area contributed by atoms with E-state index in [2.05, 4.69) is 27.2 Å². The fraction of sp³-hybridized carbons (Fsp3) is 0.346. The Hall–Kier alpha value is -3.92. The van der Waals surface area contributed by atoms with Crippen molar-refractivity contribution in [3.05, 3.63) is 66.1 Å². The number of carbonyl (C=O) groups is 1. The van der Waals surface area contributed by atoms with Crippen LogP contribution in [-0.2, 0) is 6.54 Å². The second kappa shape index (κ2) is 11.7. The van der Waals surface area contributed by atoms with Crippen LogP contribution in [0.5, 0.6) is 11.5 Å². The first-order chi connectivity index (χ1) is 17.4. The number of anilines is 3. The maximum atomic E-state index is 14.7. The predicted octanol–water partition coefficient (Wildman–Crippen LogP) is 4.77. The minimum atomic E-state index is -1.17. The molecule has 1 amide bonds. The third kappa shape index (κ3) is 6.60. The Morgan fingerprint density at radius 1 is 1.28 bits per heavy atom. The molecule has 2 heterocycles. The largest absolute Gasteiger partial charge is 0.497 e. The Bertz CT molecular complexity index is 1190. The highest BCUT2D eigenvalue weighted by Gasteiger charge is 2.19. The van der Waals surface area contributed by atoms with Crippen LogP contribution in [0.1, 0.15) is 18.4 Å². The average molecular weight is 496 g/mol. The number of benzene rings is 2. The molecule has 1 saturated heterocycles. The fourth-order valence-electron chi connectivity index (χ4n) is 4.20. The van der Waals surface area contributed by atoms with Crippen LogP contribution < -0.4 is 19.7 Å². The van der Waals surface area contributed by atoms with Crippen LogP contribution in [-0.4, -0.2) is 59.9 Å².